The number of benzene rings is 6. The molecule has 0 radical (unpaired) electrons. The van der Waals surface area contributed by atoms with Crippen molar-refractivity contribution in [2.75, 3.05) is 5.32 Å². The maximum absolute atomic E-state index is 3.54. The monoisotopic (exact) mass is 369 g/mol. The highest BCUT2D eigenvalue weighted by Gasteiger charge is 2.11. The van der Waals surface area contributed by atoms with Gasteiger partial charge in [0.15, 0.2) is 0 Å². The molecule has 0 bridgehead atoms. The van der Waals surface area contributed by atoms with Crippen LogP contribution in [0.25, 0.3) is 43.4 Å². The van der Waals surface area contributed by atoms with Crippen molar-refractivity contribution < 1.29 is 0 Å². The number of anilines is 2. The van der Waals surface area contributed by atoms with Crippen molar-refractivity contribution in [1.29, 1.82) is 0 Å². The number of hydrogen-bond donors (Lipinski definition) is 1. The van der Waals surface area contributed by atoms with E-state index < -0.39 is 0 Å². The molecule has 6 aromatic carbocycles. The molecule has 0 unspecified atom stereocenters. The summed E-state index contributed by atoms with van der Waals surface area (Å²) in [6.45, 7) is 0. The SMILES string of the molecule is c1ccc(Nc2cc3ccc4cc(-c5ccccc5)cc5ccc(c2)c3c45)cc1. The van der Waals surface area contributed by atoms with Crippen molar-refractivity contribution in [2.24, 2.45) is 0 Å². The minimum absolute atomic E-state index is 1.10. The molecule has 6 rings (SSSR count). The van der Waals surface area contributed by atoms with Crippen LogP contribution in [0.1, 0.15) is 0 Å². The molecular formula is C28H19N. The topological polar surface area (TPSA) is 12.0 Å². The molecule has 0 aliphatic heterocycles. The largest absolute Gasteiger partial charge is 0.355 e. The van der Waals surface area contributed by atoms with Gasteiger partial charge >= 0.3 is 0 Å². The van der Waals surface area contributed by atoms with Crippen LogP contribution in [0.2, 0.25) is 0 Å². The molecule has 29 heavy (non-hydrogen) atoms. The zero-order chi connectivity index (χ0) is 19.2. The summed E-state index contributed by atoms with van der Waals surface area (Å²) in [7, 11) is 0. The first-order valence-electron chi connectivity index (χ1n) is 9.95. The van der Waals surface area contributed by atoms with E-state index in [0.29, 0.717) is 0 Å². The highest BCUT2D eigenvalue weighted by atomic mass is 14.9. The summed E-state index contributed by atoms with van der Waals surface area (Å²) in [5.74, 6) is 0. The Kier molecular flexibility index (Phi) is 3.54. The average molecular weight is 369 g/mol. The van der Waals surface area contributed by atoms with Gasteiger partial charge in [0.2, 0.25) is 0 Å². The van der Waals surface area contributed by atoms with Gasteiger partial charge in [0.25, 0.3) is 0 Å². The highest BCUT2D eigenvalue weighted by molar-refractivity contribution is 6.24. The first-order chi connectivity index (χ1) is 14.3. The maximum atomic E-state index is 3.54. The van der Waals surface area contributed by atoms with Crippen molar-refractivity contribution in [3.8, 4) is 11.1 Å². The van der Waals surface area contributed by atoms with Crippen molar-refractivity contribution in [2.45, 2.75) is 0 Å². The zero-order valence-corrected chi connectivity index (χ0v) is 15.9. The maximum Gasteiger partial charge on any atom is 0.0396 e. The second kappa shape index (κ2) is 6.35. The predicted octanol–water partition coefficient (Wildman–Crippen LogP) is 7.99. The van der Waals surface area contributed by atoms with Crippen molar-refractivity contribution in [3.05, 3.63) is 109 Å². The van der Waals surface area contributed by atoms with Gasteiger partial charge in [-0.25, -0.2) is 0 Å². The first-order valence-corrected chi connectivity index (χ1v) is 9.95. The lowest BCUT2D eigenvalue weighted by molar-refractivity contribution is 1.58. The van der Waals surface area contributed by atoms with E-state index in [-0.39, 0.29) is 0 Å². The van der Waals surface area contributed by atoms with Gasteiger partial charge in [-0.2, -0.15) is 0 Å². The van der Waals surface area contributed by atoms with Crippen molar-refractivity contribution in [3.63, 3.8) is 0 Å². The molecule has 0 atom stereocenters. The van der Waals surface area contributed by atoms with Gasteiger partial charge in [0.1, 0.15) is 0 Å². The lowest BCUT2D eigenvalue weighted by Crippen LogP contribution is -1.91. The summed E-state index contributed by atoms with van der Waals surface area (Å²) >= 11 is 0. The normalized spacial score (nSPS) is 11.4. The fraction of sp³-hybridized carbons (Fsp3) is 0. The van der Waals surface area contributed by atoms with E-state index in [9.17, 15) is 0 Å². The lowest BCUT2D eigenvalue weighted by atomic mass is 9.91. The molecule has 1 nitrogen and oxygen atoms in total. The predicted molar refractivity (Wildman–Crippen MR) is 125 cm³/mol. The summed E-state index contributed by atoms with van der Waals surface area (Å²) < 4.78 is 0. The van der Waals surface area contributed by atoms with Crippen molar-refractivity contribution in [1.82, 2.24) is 0 Å². The molecule has 1 heteroatoms. The molecule has 1 N–H and O–H groups in total. The summed E-state index contributed by atoms with van der Waals surface area (Å²) in [6, 6.07) is 39.1. The van der Waals surface area contributed by atoms with E-state index >= 15 is 0 Å². The lowest BCUT2D eigenvalue weighted by Gasteiger charge is -2.15. The Labute approximate surface area is 169 Å². The summed E-state index contributed by atoms with van der Waals surface area (Å²) in [4.78, 5) is 0. The van der Waals surface area contributed by atoms with Gasteiger partial charge in [-0.3, -0.25) is 0 Å². The zero-order valence-electron chi connectivity index (χ0n) is 15.9. The molecule has 0 saturated carbocycles. The van der Waals surface area contributed by atoms with Crippen LogP contribution >= 0.6 is 0 Å². The molecule has 6 aromatic rings. The minimum atomic E-state index is 1.10. The molecule has 136 valence electrons. The Bertz CT molecular complexity index is 1380. The fourth-order valence-corrected chi connectivity index (χ4v) is 4.40. The van der Waals surface area contributed by atoms with Crippen LogP contribution in [0, 0.1) is 0 Å². The van der Waals surface area contributed by atoms with Crippen LogP contribution in [-0.2, 0) is 0 Å². The summed E-state index contributed by atoms with van der Waals surface area (Å²) in [5.41, 5.74) is 4.75. The van der Waals surface area contributed by atoms with E-state index in [4.69, 9.17) is 0 Å². The van der Waals surface area contributed by atoms with E-state index in [2.05, 4.69) is 108 Å². The van der Waals surface area contributed by atoms with Gasteiger partial charge < -0.3 is 5.32 Å². The molecular weight excluding hydrogens is 350 g/mol. The second-order valence-corrected chi connectivity index (χ2v) is 7.58. The van der Waals surface area contributed by atoms with Crippen LogP contribution < -0.4 is 5.32 Å². The Hall–Kier alpha value is -3.84. The molecule has 0 aliphatic carbocycles. The van der Waals surface area contributed by atoms with E-state index in [1.165, 1.54) is 43.4 Å². The molecule has 0 aliphatic rings. The molecule has 0 amide bonds. The Morgan fingerprint density at radius 2 is 0.862 bits per heavy atom. The van der Waals surface area contributed by atoms with Gasteiger partial charge in [0, 0.05) is 11.4 Å². The third-order valence-electron chi connectivity index (χ3n) is 5.70. The smallest absolute Gasteiger partial charge is 0.0396 e. The molecule has 0 heterocycles. The van der Waals surface area contributed by atoms with Crippen LogP contribution in [0.4, 0.5) is 11.4 Å². The summed E-state index contributed by atoms with van der Waals surface area (Å²) in [6.07, 6.45) is 0. The minimum Gasteiger partial charge on any atom is -0.355 e. The van der Waals surface area contributed by atoms with E-state index in [0.717, 1.165) is 11.4 Å². The Morgan fingerprint density at radius 3 is 1.41 bits per heavy atom. The fourth-order valence-electron chi connectivity index (χ4n) is 4.40. The third-order valence-corrected chi connectivity index (χ3v) is 5.70. The standard InChI is InChI=1S/C28H19N/c1-3-7-19(8-4-1)24-15-20-11-13-22-17-26(29-25-9-5-2-6-10-25)18-23-14-12-21(16-24)27(20)28(22)23/h1-18,29H. The van der Waals surface area contributed by atoms with Crippen LogP contribution in [0.3, 0.4) is 0 Å². The van der Waals surface area contributed by atoms with Crippen LogP contribution in [0.5, 0.6) is 0 Å². The van der Waals surface area contributed by atoms with E-state index in [1.807, 2.05) is 6.07 Å². The molecule has 0 saturated heterocycles. The number of nitrogens with one attached hydrogen (secondary N) is 1. The second-order valence-electron chi connectivity index (χ2n) is 7.58. The van der Waals surface area contributed by atoms with E-state index in [1.54, 1.807) is 0 Å². The third kappa shape index (κ3) is 2.71. The highest BCUT2D eigenvalue weighted by Crippen LogP contribution is 2.39. The Morgan fingerprint density at radius 1 is 0.379 bits per heavy atom. The summed E-state index contributed by atoms with van der Waals surface area (Å²) in [5, 5.41) is 11.4. The van der Waals surface area contributed by atoms with Crippen molar-refractivity contribution >= 4 is 43.7 Å². The van der Waals surface area contributed by atoms with Gasteiger partial charge in [0.05, 0.1) is 0 Å². The van der Waals surface area contributed by atoms with Gasteiger partial charge in [-0.1, -0.05) is 72.8 Å². The number of hydrogen-bond acceptors (Lipinski definition) is 1. The van der Waals surface area contributed by atoms with Gasteiger partial charge in [-0.15, -0.1) is 0 Å². The molecule has 0 fully saturated rings. The first kappa shape index (κ1) is 16.1. The van der Waals surface area contributed by atoms with Crippen LogP contribution in [0.15, 0.2) is 109 Å². The number of para-hydroxylation sites is 1. The molecule has 0 aromatic heterocycles. The average Bonchev–Trinajstić information content (AvgIpc) is 2.78. The quantitative estimate of drug-likeness (QED) is 0.312. The molecule has 0 spiro atoms. The van der Waals surface area contributed by atoms with Gasteiger partial charge in [-0.05, 0) is 79.8 Å². The Balaban J connectivity index is 1.55. The number of rotatable bonds is 3. The van der Waals surface area contributed by atoms with Crippen LogP contribution in [-0.4, -0.2) is 0 Å².